The summed E-state index contributed by atoms with van der Waals surface area (Å²) in [7, 11) is -0.575. The van der Waals surface area contributed by atoms with Gasteiger partial charge in [0.2, 0.25) is 9.03 Å². The van der Waals surface area contributed by atoms with Crippen molar-refractivity contribution in [3.05, 3.63) is 153 Å². The van der Waals surface area contributed by atoms with Gasteiger partial charge in [0.25, 0.3) is 14.7 Å². The number of benzene rings is 5. The fraction of sp³-hybridized carbons (Fsp3) is 0.143. The van der Waals surface area contributed by atoms with Crippen LogP contribution in [0, 0.1) is 37.8 Å². The Morgan fingerprint density at radius 2 is 1.09 bits per heavy atom. The molecule has 0 heterocycles. The lowest BCUT2D eigenvalue weighted by molar-refractivity contribution is -0.384. The summed E-state index contributed by atoms with van der Waals surface area (Å²) in [5.41, 5.74) is 4.94. The molecular weight excluding hydrogens is 624 g/mol. The molecule has 0 aliphatic rings. The molecule has 0 fully saturated rings. The second-order valence-electron chi connectivity index (χ2n) is 10.1. The van der Waals surface area contributed by atoms with E-state index in [1.165, 1.54) is 12.1 Å². The summed E-state index contributed by atoms with van der Waals surface area (Å²) < 4.78 is 22.5. The molecule has 46 heavy (non-hydrogen) atoms. The molecule has 2 unspecified atom stereocenters. The zero-order chi connectivity index (χ0) is 33.3. The lowest BCUT2D eigenvalue weighted by Crippen LogP contribution is -1.96. The molecule has 2 N–H and O–H groups in total. The smallest absolute Gasteiger partial charge is 0.275 e. The van der Waals surface area contributed by atoms with Crippen LogP contribution in [-0.2, 0) is 11.1 Å². The third kappa shape index (κ3) is 13.5. The Morgan fingerprint density at radius 3 is 1.52 bits per heavy atom. The van der Waals surface area contributed by atoms with Gasteiger partial charge in [-0.25, -0.2) is 0 Å². The van der Waals surface area contributed by atoms with E-state index in [4.69, 9.17) is 28.3 Å². The number of nitro groups is 1. The van der Waals surface area contributed by atoms with E-state index in [1.807, 2.05) is 100 Å². The number of rotatable bonds is 10. The molecule has 240 valence electrons. The van der Waals surface area contributed by atoms with E-state index in [9.17, 15) is 10.1 Å². The van der Waals surface area contributed by atoms with E-state index in [0.29, 0.717) is 28.6 Å². The van der Waals surface area contributed by atoms with E-state index < -0.39 is 4.92 Å². The van der Waals surface area contributed by atoms with Crippen LogP contribution in [0.15, 0.2) is 115 Å². The minimum Gasteiger partial charge on any atom is -0.508 e. The first-order valence-corrected chi connectivity index (χ1v) is 15.8. The highest BCUT2D eigenvalue weighted by Crippen LogP contribution is 2.33. The molecule has 0 bridgehead atoms. The van der Waals surface area contributed by atoms with E-state index >= 15 is 0 Å². The number of aromatic hydroxyl groups is 2. The standard InChI is InChI=1S/C21H21NO6P2.2C7H8O/c1-15-5-3-7-19(11-15)26-29-25-14-17-9-10-18(22(23)24)13-21(17)28-30-27-20-8-4-6-16(2)12-20;2*1-6-3-2-4-7(8)5-6/h3-13,29-30H,14H2,1-2H3;2*2-5,8H,1H3. The maximum absolute atomic E-state index is 11.1. The SMILES string of the molecule is Cc1cccc(O)c1.Cc1cccc(O)c1.Cc1cccc(OPOCc2ccc([N+](=O)[O-])cc2OPOc2cccc(C)c2)c1. The van der Waals surface area contributed by atoms with E-state index in [2.05, 4.69) is 0 Å². The molecule has 0 amide bonds. The number of hydrogen-bond donors (Lipinski definition) is 2. The van der Waals surface area contributed by atoms with Crippen molar-refractivity contribution in [2.24, 2.45) is 0 Å². The second kappa shape index (κ2) is 19.0. The molecule has 0 aliphatic heterocycles. The molecular formula is C35H37NO8P2. The van der Waals surface area contributed by atoms with E-state index in [-0.39, 0.29) is 30.4 Å². The fourth-order valence-corrected chi connectivity index (χ4v) is 4.82. The Bertz CT molecular complexity index is 1620. The van der Waals surface area contributed by atoms with Crippen molar-refractivity contribution in [1.82, 2.24) is 0 Å². The summed E-state index contributed by atoms with van der Waals surface area (Å²) in [6, 6.07) is 33.9. The summed E-state index contributed by atoms with van der Waals surface area (Å²) in [4.78, 5) is 10.6. The van der Waals surface area contributed by atoms with Crippen molar-refractivity contribution in [2.45, 2.75) is 34.3 Å². The van der Waals surface area contributed by atoms with Gasteiger partial charge in [-0.3, -0.25) is 10.1 Å². The van der Waals surface area contributed by atoms with Crippen LogP contribution in [0.2, 0.25) is 0 Å². The van der Waals surface area contributed by atoms with Crippen LogP contribution >= 0.6 is 18.1 Å². The average Bonchev–Trinajstić information content (AvgIpc) is 3.00. The maximum Gasteiger partial charge on any atom is 0.275 e. The van der Waals surface area contributed by atoms with Gasteiger partial charge in [0, 0.05) is 11.6 Å². The van der Waals surface area contributed by atoms with Crippen LogP contribution < -0.4 is 13.6 Å². The van der Waals surface area contributed by atoms with Crippen molar-refractivity contribution < 1.29 is 33.2 Å². The zero-order valence-electron chi connectivity index (χ0n) is 26.0. The summed E-state index contributed by atoms with van der Waals surface area (Å²) >= 11 is 0. The number of hydrogen-bond acceptors (Lipinski definition) is 8. The zero-order valence-corrected chi connectivity index (χ0v) is 28.0. The summed E-state index contributed by atoms with van der Waals surface area (Å²) in [6.07, 6.45) is 0. The van der Waals surface area contributed by atoms with Gasteiger partial charge in [-0.2, -0.15) is 0 Å². The van der Waals surface area contributed by atoms with Crippen LogP contribution in [-0.4, -0.2) is 15.1 Å². The third-order valence-corrected chi connectivity index (χ3v) is 7.20. The van der Waals surface area contributed by atoms with Gasteiger partial charge in [0.15, 0.2) is 0 Å². The number of nitrogens with zero attached hydrogens (tertiary/aromatic N) is 1. The fourth-order valence-electron chi connectivity index (χ4n) is 3.78. The first-order valence-electron chi connectivity index (χ1n) is 14.1. The van der Waals surface area contributed by atoms with Crippen molar-refractivity contribution in [1.29, 1.82) is 0 Å². The topological polar surface area (TPSA) is 121 Å². The number of nitro benzene ring substituents is 1. The highest BCUT2D eigenvalue weighted by Gasteiger charge is 2.13. The molecule has 5 aromatic rings. The number of non-ortho nitro benzene ring substituents is 1. The van der Waals surface area contributed by atoms with E-state index in [0.717, 1.165) is 28.0 Å². The first kappa shape index (κ1) is 35.8. The summed E-state index contributed by atoms with van der Waals surface area (Å²) in [6.45, 7) is 8.02. The highest BCUT2D eigenvalue weighted by atomic mass is 31.1. The number of phenols is 2. The van der Waals surface area contributed by atoms with Crippen LogP contribution in [0.25, 0.3) is 0 Å². The Hall–Kier alpha value is -4.68. The van der Waals surface area contributed by atoms with Gasteiger partial charge in [0.1, 0.15) is 28.7 Å². The van der Waals surface area contributed by atoms with Crippen LogP contribution in [0.4, 0.5) is 5.69 Å². The van der Waals surface area contributed by atoms with Crippen LogP contribution in [0.5, 0.6) is 28.7 Å². The van der Waals surface area contributed by atoms with Gasteiger partial charge in [-0.05, 0) is 105 Å². The molecule has 5 rings (SSSR count). The second-order valence-corrected chi connectivity index (χ2v) is 11.4. The molecule has 0 saturated carbocycles. The van der Waals surface area contributed by atoms with Crippen molar-refractivity contribution in [2.75, 3.05) is 0 Å². The normalized spacial score (nSPS) is 10.5. The summed E-state index contributed by atoms with van der Waals surface area (Å²) in [5.74, 6) is 2.41. The minimum absolute atomic E-state index is 0.0624. The quantitative estimate of drug-likeness (QED) is 0.0657. The number of aryl methyl sites for hydroxylation is 4. The van der Waals surface area contributed by atoms with Crippen molar-refractivity contribution in [3.8, 4) is 28.7 Å². The molecule has 0 saturated heterocycles. The monoisotopic (exact) mass is 661 g/mol. The maximum atomic E-state index is 11.1. The Kier molecular flexibility index (Phi) is 14.8. The largest absolute Gasteiger partial charge is 0.508 e. The molecule has 11 heteroatoms. The van der Waals surface area contributed by atoms with Gasteiger partial charge < -0.3 is 28.3 Å². The van der Waals surface area contributed by atoms with Gasteiger partial charge in [0.05, 0.1) is 17.6 Å². The predicted molar refractivity (Wildman–Crippen MR) is 184 cm³/mol. The van der Waals surface area contributed by atoms with Gasteiger partial charge in [-0.1, -0.05) is 48.5 Å². The lowest BCUT2D eigenvalue weighted by atomic mass is 10.2. The predicted octanol–water partition coefficient (Wildman–Crippen LogP) is 9.68. The Balaban J connectivity index is 0.000000291. The van der Waals surface area contributed by atoms with Crippen molar-refractivity contribution in [3.63, 3.8) is 0 Å². The van der Waals surface area contributed by atoms with Gasteiger partial charge in [-0.15, -0.1) is 0 Å². The molecule has 0 radical (unpaired) electrons. The molecule has 0 spiro atoms. The Morgan fingerprint density at radius 1 is 0.609 bits per heavy atom. The average molecular weight is 662 g/mol. The number of phenolic OH excluding ortho intramolecular Hbond substituents is 2. The minimum atomic E-state index is -0.468. The Labute approximate surface area is 272 Å². The van der Waals surface area contributed by atoms with Gasteiger partial charge >= 0.3 is 0 Å². The van der Waals surface area contributed by atoms with Crippen LogP contribution in [0.1, 0.15) is 27.8 Å². The highest BCUT2D eigenvalue weighted by molar-refractivity contribution is 7.27. The molecule has 2 atom stereocenters. The molecule has 0 aliphatic carbocycles. The lowest BCUT2D eigenvalue weighted by Gasteiger charge is -2.12. The summed E-state index contributed by atoms with van der Waals surface area (Å²) in [5, 5.41) is 28.7. The van der Waals surface area contributed by atoms with E-state index in [1.54, 1.807) is 30.3 Å². The molecule has 0 aromatic heterocycles. The molecule has 9 nitrogen and oxygen atoms in total. The van der Waals surface area contributed by atoms with Crippen molar-refractivity contribution >= 4 is 23.8 Å². The third-order valence-electron chi connectivity index (χ3n) is 6.00. The first-order chi connectivity index (χ1) is 22.1. The molecule has 5 aromatic carbocycles. The van der Waals surface area contributed by atoms with Crippen LogP contribution in [0.3, 0.4) is 0 Å².